The van der Waals surface area contributed by atoms with Gasteiger partial charge in [-0.25, -0.2) is 8.78 Å². The van der Waals surface area contributed by atoms with Gasteiger partial charge in [0, 0.05) is 30.5 Å². The van der Waals surface area contributed by atoms with E-state index >= 15 is 0 Å². The summed E-state index contributed by atoms with van der Waals surface area (Å²) < 4.78 is 39.6. The van der Waals surface area contributed by atoms with Gasteiger partial charge in [-0.1, -0.05) is 30.3 Å². The number of rotatable bonds is 8. The summed E-state index contributed by atoms with van der Waals surface area (Å²) in [5.74, 6) is -1.74. The molecule has 8 heteroatoms. The third kappa shape index (κ3) is 5.42. The molecule has 0 spiro atoms. The zero-order valence-corrected chi connectivity index (χ0v) is 19.4. The monoisotopic (exact) mass is 481 g/mol. The van der Waals surface area contributed by atoms with E-state index in [4.69, 9.17) is 9.47 Å². The molecule has 182 valence electrons. The van der Waals surface area contributed by atoms with E-state index in [2.05, 4.69) is 0 Å². The van der Waals surface area contributed by atoms with Gasteiger partial charge in [0.15, 0.2) is 11.5 Å². The molecular formula is C27H25F2NO5. The van der Waals surface area contributed by atoms with Gasteiger partial charge in [0.05, 0.1) is 7.11 Å². The zero-order chi connectivity index (χ0) is 25.2. The van der Waals surface area contributed by atoms with Crippen molar-refractivity contribution in [3.63, 3.8) is 0 Å². The number of aliphatic carboxylic acids is 1. The number of carboxylic acids is 1. The lowest BCUT2D eigenvalue weighted by atomic mass is 9.91. The van der Waals surface area contributed by atoms with Crippen LogP contribution in [-0.4, -0.2) is 41.1 Å². The normalized spacial score (nSPS) is 16.3. The summed E-state index contributed by atoms with van der Waals surface area (Å²) in [5, 5.41) is 9.36. The van der Waals surface area contributed by atoms with E-state index in [0.717, 1.165) is 4.90 Å². The number of benzene rings is 3. The fourth-order valence-corrected chi connectivity index (χ4v) is 4.41. The van der Waals surface area contributed by atoms with Crippen LogP contribution in [-0.2, 0) is 24.2 Å². The van der Waals surface area contributed by atoms with E-state index in [1.807, 2.05) is 6.92 Å². The molecule has 1 N–H and O–H groups in total. The number of fused-ring (bicyclic) bond motifs is 1. The van der Waals surface area contributed by atoms with Crippen LogP contribution in [0.5, 0.6) is 11.5 Å². The Morgan fingerprint density at radius 3 is 2.57 bits per heavy atom. The molecule has 3 aromatic carbocycles. The Balaban J connectivity index is 1.62. The molecule has 1 aliphatic rings. The van der Waals surface area contributed by atoms with Crippen LogP contribution in [0.1, 0.15) is 34.0 Å². The fraction of sp³-hybridized carbons (Fsp3) is 0.259. The Hall–Kier alpha value is -3.94. The second-order valence-corrected chi connectivity index (χ2v) is 8.85. The minimum atomic E-state index is -1.19. The molecule has 1 atom stereocenters. The first-order chi connectivity index (χ1) is 16.7. The first kappa shape index (κ1) is 24.2. The first-order valence-electron chi connectivity index (χ1n) is 11.1. The molecule has 35 heavy (non-hydrogen) atoms. The number of nitrogens with zero attached hydrogens (tertiary/aromatic N) is 1. The second-order valence-electron chi connectivity index (χ2n) is 8.85. The van der Waals surface area contributed by atoms with Crippen LogP contribution in [0.3, 0.4) is 0 Å². The number of methoxy groups -OCH3 is 1. The molecule has 0 radical (unpaired) electrons. The van der Waals surface area contributed by atoms with Crippen molar-refractivity contribution in [1.29, 1.82) is 0 Å². The van der Waals surface area contributed by atoms with E-state index in [1.54, 1.807) is 30.3 Å². The van der Waals surface area contributed by atoms with Crippen LogP contribution >= 0.6 is 0 Å². The van der Waals surface area contributed by atoms with Gasteiger partial charge in [0.2, 0.25) is 0 Å². The Labute approximate surface area is 201 Å². The number of carbonyl (C=O) groups excluding carboxylic acids is 1. The molecule has 1 heterocycles. The highest BCUT2D eigenvalue weighted by atomic mass is 19.1. The Morgan fingerprint density at radius 2 is 1.89 bits per heavy atom. The molecule has 4 rings (SSSR count). The second kappa shape index (κ2) is 9.74. The summed E-state index contributed by atoms with van der Waals surface area (Å²) in [6, 6.07) is 15.3. The van der Waals surface area contributed by atoms with Crippen molar-refractivity contribution in [3.8, 4) is 11.5 Å². The van der Waals surface area contributed by atoms with Crippen LogP contribution in [0.4, 0.5) is 8.78 Å². The van der Waals surface area contributed by atoms with E-state index in [9.17, 15) is 23.5 Å². The fourth-order valence-electron chi connectivity index (χ4n) is 4.41. The zero-order valence-electron chi connectivity index (χ0n) is 19.4. The molecule has 1 aliphatic heterocycles. The van der Waals surface area contributed by atoms with E-state index in [0.29, 0.717) is 41.0 Å². The van der Waals surface area contributed by atoms with E-state index in [-0.39, 0.29) is 17.9 Å². The molecule has 0 aromatic heterocycles. The van der Waals surface area contributed by atoms with Gasteiger partial charge in [-0.05, 0) is 48.4 Å². The lowest BCUT2D eigenvalue weighted by molar-refractivity contribution is -0.137. The van der Waals surface area contributed by atoms with Gasteiger partial charge in [0.1, 0.15) is 23.8 Å². The summed E-state index contributed by atoms with van der Waals surface area (Å²) in [6.45, 7) is 1.22. The van der Waals surface area contributed by atoms with Gasteiger partial charge < -0.3 is 19.5 Å². The number of halogens is 2. The Kier molecular flexibility index (Phi) is 6.73. The predicted molar refractivity (Wildman–Crippen MR) is 125 cm³/mol. The molecule has 0 unspecified atom stereocenters. The van der Waals surface area contributed by atoms with Crippen LogP contribution < -0.4 is 9.47 Å². The Bertz CT molecular complexity index is 1280. The average Bonchev–Trinajstić information content (AvgIpc) is 3.14. The third-order valence-corrected chi connectivity index (χ3v) is 5.91. The van der Waals surface area contributed by atoms with E-state index < -0.39 is 29.8 Å². The summed E-state index contributed by atoms with van der Waals surface area (Å²) >= 11 is 0. The molecular weight excluding hydrogens is 456 g/mol. The van der Waals surface area contributed by atoms with Gasteiger partial charge in [0.25, 0.3) is 5.91 Å². The summed E-state index contributed by atoms with van der Waals surface area (Å²) in [6.07, 6.45) is 0.711. The van der Waals surface area contributed by atoms with Crippen molar-refractivity contribution in [1.82, 2.24) is 4.90 Å². The molecule has 0 saturated heterocycles. The number of hydrogen-bond acceptors (Lipinski definition) is 4. The standard InChI is InChI=1S/C27H25F2NO5/c1-27(13-18-7-3-4-9-22(18)29)14-20-11-19(12-23(34-2)25(20)35-27)26(33)30(16-24(31)32)15-17-6-5-8-21(28)10-17/h3-12H,13-16H2,1-2H3,(H,31,32)/t27-/m0/s1. The number of hydrogen-bond donors (Lipinski definition) is 1. The van der Waals surface area contributed by atoms with Crippen molar-refractivity contribution >= 4 is 11.9 Å². The molecule has 1 amide bonds. The minimum absolute atomic E-state index is 0.0796. The van der Waals surface area contributed by atoms with Crippen molar-refractivity contribution in [2.24, 2.45) is 0 Å². The summed E-state index contributed by atoms with van der Waals surface area (Å²) in [4.78, 5) is 25.9. The largest absolute Gasteiger partial charge is 0.493 e. The van der Waals surface area contributed by atoms with Crippen LogP contribution in [0, 0.1) is 11.6 Å². The van der Waals surface area contributed by atoms with Gasteiger partial charge in [-0.3, -0.25) is 9.59 Å². The maximum absolute atomic E-state index is 14.3. The van der Waals surface area contributed by atoms with Crippen molar-refractivity contribution < 1.29 is 33.0 Å². The highest BCUT2D eigenvalue weighted by Crippen LogP contribution is 2.44. The number of ether oxygens (including phenoxy) is 2. The lowest BCUT2D eigenvalue weighted by Gasteiger charge is -2.24. The highest BCUT2D eigenvalue weighted by Gasteiger charge is 2.38. The number of amides is 1. The van der Waals surface area contributed by atoms with Gasteiger partial charge >= 0.3 is 5.97 Å². The molecule has 0 bridgehead atoms. The molecule has 0 aliphatic carbocycles. The maximum atomic E-state index is 14.3. The molecule has 3 aromatic rings. The quantitative estimate of drug-likeness (QED) is 0.508. The van der Waals surface area contributed by atoms with Gasteiger partial charge in [-0.15, -0.1) is 0 Å². The average molecular weight is 481 g/mol. The SMILES string of the molecule is COc1cc(C(=O)N(CC(=O)O)Cc2cccc(F)c2)cc2c1O[C@@](C)(Cc1ccccc1F)C2. The number of carbonyl (C=O) groups is 2. The van der Waals surface area contributed by atoms with Crippen molar-refractivity contribution in [2.45, 2.75) is 31.9 Å². The Morgan fingerprint density at radius 1 is 1.11 bits per heavy atom. The van der Waals surface area contributed by atoms with Crippen LogP contribution in [0.15, 0.2) is 60.7 Å². The van der Waals surface area contributed by atoms with Crippen LogP contribution in [0.25, 0.3) is 0 Å². The third-order valence-electron chi connectivity index (χ3n) is 5.91. The lowest BCUT2D eigenvalue weighted by Crippen LogP contribution is -2.35. The molecule has 6 nitrogen and oxygen atoms in total. The topological polar surface area (TPSA) is 76.1 Å². The van der Waals surface area contributed by atoms with E-state index in [1.165, 1.54) is 37.4 Å². The van der Waals surface area contributed by atoms with Crippen molar-refractivity contribution in [3.05, 3.63) is 94.6 Å². The van der Waals surface area contributed by atoms with Crippen LogP contribution in [0.2, 0.25) is 0 Å². The summed E-state index contributed by atoms with van der Waals surface area (Å²) in [5.41, 5.74) is 1.14. The smallest absolute Gasteiger partial charge is 0.323 e. The predicted octanol–water partition coefficient (Wildman–Crippen LogP) is 4.64. The highest BCUT2D eigenvalue weighted by molar-refractivity contribution is 5.97. The minimum Gasteiger partial charge on any atom is -0.493 e. The summed E-state index contributed by atoms with van der Waals surface area (Å²) in [7, 11) is 1.45. The maximum Gasteiger partial charge on any atom is 0.323 e. The number of carboxylic acid groups (broad SMARTS) is 1. The van der Waals surface area contributed by atoms with Crippen molar-refractivity contribution in [2.75, 3.05) is 13.7 Å². The molecule has 0 saturated carbocycles. The van der Waals surface area contributed by atoms with Gasteiger partial charge in [-0.2, -0.15) is 0 Å². The molecule has 0 fully saturated rings. The first-order valence-corrected chi connectivity index (χ1v) is 11.1.